The fourth-order valence-corrected chi connectivity index (χ4v) is 2.27. The monoisotopic (exact) mass is 244 g/mol. The van der Waals surface area contributed by atoms with Crippen LogP contribution in [-0.4, -0.2) is 28.2 Å². The maximum Gasteiger partial charge on any atom is 0.227 e. The average Bonchev–Trinajstić information content (AvgIpc) is 2.89. The smallest absolute Gasteiger partial charge is 0.227 e. The Bertz CT molecular complexity index is 491. The molecule has 0 unspecified atom stereocenters. The van der Waals surface area contributed by atoms with Crippen molar-refractivity contribution >= 4 is 0 Å². The number of nitrogens with zero attached hydrogens (tertiary/aromatic N) is 3. The maximum absolute atomic E-state index is 5.30. The normalized spacial score (nSPS) is 16.9. The first-order chi connectivity index (χ1) is 8.92. The number of hydrogen-bond acceptors (Lipinski definition) is 5. The highest BCUT2D eigenvalue weighted by atomic mass is 16.5. The van der Waals surface area contributed by atoms with Gasteiger partial charge in [-0.15, -0.1) is 0 Å². The summed E-state index contributed by atoms with van der Waals surface area (Å²) in [6, 6.07) is 5.68. The van der Waals surface area contributed by atoms with E-state index in [-0.39, 0.29) is 0 Å². The lowest BCUT2D eigenvalue weighted by molar-refractivity contribution is 0.313. The topological polar surface area (TPSA) is 63.8 Å². The van der Waals surface area contributed by atoms with Crippen molar-refractivity contribution in [3.05, 3.63) is 30.3 Å². The van der Waals surface area contributed by atoms with E-state index in [1.54, 1.807) is 6.20 Å². The van der Waals surface area contributed by atoms with Gasteiger partial charge in [0.1, 0.15) is 5.69 Å². The molecule has 0 saturated carbocycles. The molecule has 1 N–H and O–H groups in total. The predicted molar refractivity (Wildman–Crippen MR) is 66.8 cm³/mol. The second kappa shape index (κ2) is 5.27. The standard InChI is InChI=1S/C13H16N4O/c1-2-6-15-11(3-1)13-16-12(18-17-13)9-10-4-7-14-8-5-10/h1-3,6,10,14H,4-5,7-9H2. The molecule has 1 aliphatic rings. The maximum atomic E-state index is 5.30. The third-order valence-electron chi connectivity index (χ3n) is 3.28. The van der Waals surface area contributed by atoms with Gasteiger partial charge in [-0.25, -0.2) is 0 Å². The van der Waals surface area contributed by atoms with Crippen molar-refractivity contribution in [1.82, 2.24) is 20.4 Å². The molecule has 0 aromatic carbocycles. The lowest BCUT2D eigenvalue weighted by atomic mass is 9.95. The lowest BCUT2D eigenvalue weighted by Gasteiger charge is -2.20. The van der Waals surface area contributed by atoms with Crippen molar-refractivity contribution in [1.29, 1.82) is 0 Å². The van der Waals surface area contributed by atoms with Crippen LogP contribution in [0.2, 0.25) is 0 Å². The van der Waals surface area contributed by atoms with E-state index in [2.05, 4.69) is 20.4 Å². The number of piperidine rings is 1. The molecule has 0 atom stereocenters. The van der Waals surface area contributed by atoms with E-state index in [1.165, 1.54) is 12.8 Å². The Morgan fingerprint density at radius 1 is 1.28 bits per heavy atom. The van der Waals surface area contributed by atoms with Gasteiger partial charge in [-0.3, -0.25) is 4.98 Å². The molecule has 0 bridgehead atoms. The Hall–Kier alpha value is -1.75. The lowest BCUT2D eigenvalue weighted by Crippen LogP contribution is -2.28. The van der Waals surface area contributed by atoms with Crippen molar-refractivity contribution in [2.45, 2.75) is 19.3 Å². The van der Waals surface area contributed by atoms with E-state index in [9.17, 15) is 0 Å². The molecule has 1 fully saturated rings. The highest BCUT2D eigenvalue weighted by Gasteiger charge is 2.17. The Balaban J connectivity index is 1.69. The van der Waals surface area contributed by atoms with E-state index in [0.717, 1.165) is 31.1 Å². The van der Waals surface area contributed by atoms with E-state index in [4.69, 9.17) is 4.52 Å². The van der Waals surface area contributed by atoms with Crippen molar-refractivity contribution < 1.29 is 4.52 Å². The second-order valence-electron chi connectivity index (χ2n) is 4.62. The molecule has 0 radical (unpaired) electrons. The summed E-state index contributed by atoms with van der Waals surface area (Å²) in [6.07, 6.45) is 4.97. The summed E-state index contributed by atoms with van der Waals surface area (Å²) in [4.78, 5) is 8.63. The Morgan fingerprint density at radius 2 is 2.17 bits per heavy atom. The van der Waals surface area contributed by atoms with Gasteiger partial charge >= 0.3 is 0 Å². The molecule has 3 heterocycles. The summed E-state index contributed by atoms with van der Waals surface area (Å²) in [7, 11) is 0. The number of hydrogen-bond donors (Lipinski definition) is 1. The zero-order valence-corrected chi connectivity index (χ0v) is 10.2. The molecular weight excluding hydrogens is 228 g/mol. The molecule has 1 aliphatic heterocycles. The minimum atomic E-state index is 0.583. The summed E-state index contributed by atoms with van der Waals surface area (Å²) >= 11 is 0. The summed E-state index contributed by atoms with van der Waals surface area (Å²) < 4.78 is 5.30. The molecule has 94 valence electrons. The predicted octanol–water partition coefficient (Wildman–Crippen LogP) is 1.67. The largest absolute Gasteiger partial charge is 0.339 e. The molecule has 3 rings (SSSR count). The minimum Gasteiger partial charge on any atom is -0.339 e. The average molecular weight is 244 g/mol. The molecule has 18 heavy (non-hydrogen) atoms. The van der Waals surface area contributed by atoms with Gasteiger partial charge in [0, 0.05) is 12.6 Å². The first-order valence-corrected chi connectivity index (χ1v) is 6.36. The van der Waals surface area contributed by atoms with Crippen LogP contribution < -0.4 is 5.32 Å². The van der Waals surface area contributed by atoms with Gasteiger partial charge in [0.05, 0.1) is 0 Å². The van der Waals surface area contributed by atoms with E-state index in [0.29, 0.717) is 11.7 Å². The van der Waals surface area contributed by atoms with Crippen LogP contribution in [0.1, 0.15) is 18.7 Å². The molecular formula is C13H16N4O. The number of pyridine rings is 1. The van der Waals surface area contributed by atoms with Crippen LogP contribution in [-0.2, 0) is 6.42 Å². The van der Waals surface area contributed by atoms with Gasteiger partial charge in [0.15, 0.2) is 0 Å². The van der Waals surface area contributed by atoms with Crippen LogP contribution in [0.15, 0.2) is 28.9 Å². The third-order valence-corrected chi connectivity index (χ3v) is 3.28. The first-order valence-electron chi connectivity index (χ1n) is 6.36. The molecule has 0 aliphatic carbocycles. The number of nitrogens with one attached hydrogen (secondary N) is 1. The zero-order chi connectivity index (χ0) is 12.2. The van der Waals surface area contributed by atoms with Gasteiger partial charge in [0.2, 0.25) is 11.7 Å². The Labute approximate surface area is 106 Å². The van der Waals surface area contributed by atoms with Crippen molar-refractivity contribution in [3.8, 4) is 11.5 Å². The highest BCUT2D eigenvalue weighted by Crippen LogP contribution is 2.19. The molecule has 0 spiro atoms. The fraction of sp³-hybridized carbons (Fsp3) is 0.462. The van der Waals surface area contributed by atoms with Crippen LogP contribution in [0.25, 0.3) is 11.5 Å². The van der Waals surface area contributed by atoms with Crippen LogP contribution >= 0.6 is 0 Å². The molecule has 1 saturated heterocycles. The van der Waals surface area contributed by atoms with Crippen LogP contribution in [0.5, 0.6) is 0 Å². The van der Waals surface area contributed by atoms with E-state index < -0.39 is 0 Å². The summed E-state index contributed by atoms with van der Waals surface area (Å²) in [5.74, 6) is 1.96. The first kappa shape index (κ1) is 11.3. The quantitative estimate of drug-likeness (QED) is 0.889. The third kappa shape index (κ3) is 2.56. The number of rotatable bonds is 3. The second-order valence-corrected chi connectivity index (χ2v) is 4.62. The van der Waals surface area contributed by atoms with Crippen LogP contribution in [0.3, 0.4) is 0 Å². The van der Waals surface area contributed by atoms with Gasteiger partial charge in [-0.05, 0) is 44.0 Å². The Kier molecular flexibility index (Phi) is 3.32. The summed E-state index contributed by atoms with van der Waals surface area (Å²) in [5.41, 5.74) is 0.762. The van der Waals surface area contributed by atoms with Gasteiger partial charge in [-0.1, -0.05) is 11.2 Å². The fourth-order valence-electron chi connectivity index (χ4n) is 2.27. The molecule has 2 aromatic heterocycles. The summed E-state index contributed by atoms with van der Waals surface area (Å²) in [5, 5.41) is 7.34. The Morgan fingerprint density at radius 3 is 2.94 bits per heavy atom. The van der Waals surface area contributed by atoms with Gasteiger partial charge in [0.25, 0.3) is 0 Å². The molecule has 5 nitrogen and oxygen atoms in total. The summed E-state index contributed by atoms with van der Waals surface area (Å²) in [6.45, 7) is 2.18. The van der Waals surface area contributed by atoms with Crippen molar-refractivity contribution in [3.63, 3.8) is 0 Å². The SMILES string of the molecule is c1ccc(-c2noc(CC3CCNCC3)n2)nc1. The number of aromatic nitrogens is 3. The molecule has 2 aromatic rings. The van der Waals surface area contributed by atoms with E-state index >= 15 is 0 Å². The van der Waals surface area contributed by atoms with Gasteiger partial charge in [-0.2, -0.15) is 4.98 Å². The highest BCUT2D eigenvalue weighted by molar-refractivity contribution is 5.46. The van der Waals surface area contributed by atoms with Gasteiger partial charge < -0.3 is 9.84 Å². The molecule has 0 amide bonds. The van der Waals surface area contributed by atoms with Crippen molar-refractivity contribution in [2.75, 3.05) is 13.1 Å². The van der Waals surface area contributed by atoms with Crippen LogP contribution in [0, 0.1) is 5.92 Å². The zero-order valence-electron chi connectivity index (χ0n) is 10.2. The van der Waals surface area contributed by atoms with Crippen molar-refractivity contribution in [2.24, 2.45) is 5.92 Å². The van der Waals surface area contributed by atoms with Crippen LogP contribution in [0.4, 0.5) is 0 Å². The minimum absolute atomic E-state index is 0.583. The molecule has 5 heteroatoms. The van der Waals surface area contributed by atoms with E-state index in [1.807, 2.05) is 18.2 Å².